The standard InChI is InChI=1S/C16H22FN/c1-12-6-5-7-13(15(12)17)18-14-8-11-16(14)9-3-2-4-10-16/h5-7,14,18H,2-4,8-11H2,1H3. The van der Waals surface area contributed by atoms with E-state index in [1.54, 1.807) is 0 Å². The van der Waals surface area contributed by atoms with Gasteiger partial charge < -0.3 is 5.32 Å². The molecule has 2 heteroatoms. The molecule has 2 aliphatic carbocycles. The summed E-state index contributed by atoms with van der Waals surface area (Å²) in [6.45, 7) is 1.83. The van der Waals surface area contributed by atoms with Crippen LogP contribution in [0.5, 0.6) is 0 Å². The van der Waals surface area contributed by atoms with Crippen LogP contribution in [0.25, 0.3) is 0 Å². The maximum absolute atomic E-state index is 14.0. The Morgan fingerprint density at radius 2 is 1.94 bits per heavy atom. The summed E-state index contributed by atoms with van der Waals surface area (Å²) in [5.41, 5.74) is 1.91. The Morgan fingerprint density at radius 1 is 1.17 bits per heavy atom. The number of benzene rings is 1. The van der Waals surface area contributed by atoms with E-state index in [4.69, 9.17) is 0 Å². The first kappa shape index (κ1) is 12.0. The lowest BCUT2D eigenvalue weighted by Gasteiger charge is -2.52. The maximum Gasteiger partial charge on any atom is 0.149 e. The Hall–Kier alpha value is -1.05. The third kappa shape index (κ3) is 1.92. The van der Waals surface area contributed by atoms with Gasteiger partial charge in [-0.2, -0.15) is 0 Å². The number of rotatable bonds is 2. The Labute approximate surface area is 109 Å². The molecular formula is C16H22FN. The molecule has 2 fully saturated rings. The molecule has 0 saturated heterocycles. The highest BCUT2D eigenvalue weighted by atomic mass is 19.1. The minimum absolute atomic E-state index is 0.0737. The smallest absolute Gasteiger partial charge is 0.149 e. The minimum atomic E-state index is -0.0737. The zero-order valence-corrected chi connectivity index (χ0v) is 11.1. The van der Waals surface area contributed by atoms with E-state index in [0.29, 0.717) is 17.1 Å². The molecule has 1 unspecified atom stereocenters. The van der Waals surface area contributed by atoms with Gasteiger partial charge in [0.1, 0.15) is 5.82 Å². The van der Waals surface area contributed by atoms with Crippen molar-refractivity contribution in [3.63, 3.8) is 0 Å². The number of anilines is 1. The SMILES string of the molecule is Cc1cccc(NC2CCC23CCCCC3)c1F. The van der Waals surface area contributed by atoms with Crippen LogP contribution in [-0.4, -0.2) is 6.04 Å². The predicted molar refractivity (Wildman–Crippen MR) is 73.3 cm³/mol. The summed E-state index contributed by atoms with van der Waals surface area (Å²) < 4.78 is 14.0. The van der Waals surface area contributed by atoms with E-state index >= 15 is 0 Å². The van der Waals surface area contributed by atoms with Crippen molar-refractivity contribution in [1.29, 1.82) is 0 Å². The zero-order chi connectivity index (χ0) is 12.6. The van der Waals surface area contributed by atoms with Crippen LogP contribution in [-0.2, 0) is 0 Å². The number of hydrogen-bond acceptors (Lipinski definition) is 1. The average Bonchev–Trinajstić information content (AvgIpc) is 2.40. The molecule has 2 saturated carbocycles. The fourth-order valence-electron chi connectivity index (χ4n) is 3.72. The highest BCUT2D eigenvalue weighted by molar-refractivity contribution is 5.49. The number of nitrogens with one attached hydrogen (secondary N) is 1. The summed E-state index contributed by atoms with van der Waals surface area (Å²) in [6, 6.07) is 6.14. The zero-order valence-electron chi connectivity index (χ0n) is 11.1. The van der Waals surface area contributed by atoms with Crippen LogP contribution in [0.2, 0.25) is 0 Å². The first-order chi connectivity index (χ1) is 8.71. The summed E-state index contributed by atoms with van der Waals surface area (Å²) in [6.07, 6.45) is 9.29. The summed E-state index contributed by atoms with van der Waals surface area (Å²) in [7, 11) is 0. The van der Waals surface area contributed by atoms with Crippen LogP contribution in [0.15, 0.2) is 18.2 Å². The van der Waals surface area contributed by atoms with Gasteiger partial charge in [-0.1, -0.05) is 31.4 Å². The topological polar surface area (TPSA) is 12.0 Å². The van der Waals surface area contributed by atoms with Gasteiger partial charge in [0, 0.05) is 6.04 Å². The lowest BCUT2D eigenvalue weighted by molar-refractivity contribution is 0.0569. The fourth-order valence-corrected chi connectivity index (χ4v) is 3.72. The van der Waals surface area contributed by atoms with Gasteiger partial charge in [0.25, 0.3) is 0 Å². The predicted octanol–water partition coefficient (Wildman–Crippen LogP) is 4.66. The summed E-state index contributed by atoms with van der Waals surface area (Å²) >= 11 is 0. The first-order valence-electron chi connectivity index (χ1n) is 7.23. The maximum atomic E-state index is 14.0. The van der Waals surface area contributed by atoms with Gasteiger partial charge in [0.2, 0.25) is 0 Å². The van der Waals surface area contributed by atoms with Crippen molar-refractivity contribution in [3.8, 4) is 0 Å². The molecular weight excluding hydrogens is 225 g/mol. The molecule has 0 bridgehead atoms. The highest BCUT2D eigenvalue weighted by Crippen LogP contribution is 2.52. The van der Waals surface area contributed by atoms with Gasteiger partial charge in [0.15, 0.2) is 0 Å². The van der Waals surface area contributed by atoms with Crippen LogP contribution < -0.4 is 5.32 Å². The van der Waals surface area contributed by atoms with Crippen molar-refractivity contribution in [2.45, 2.75) is 57.9 Å². The molecule has 1 aromatic rings. The van der Waals surface area contributed by atoms with Crippen molar-refractivity contribution in [1.82, 2.24) is 0 Å². The second-order valence-electron chi connectivity index (χ2n) is 6.10. The largest absolute Gasteiger partial charge is 0.379 e. The van der Waals surface area contributed by atoms with E-state index in [9.17, 15) is 4.39 Å². The molecule has 0 amide bonds. The molecule has 1 spiro atoms. The molecule has 3 rings (SSSR count). The summed E-state index contributed by atoms with van der Waals surface area (Å²) in [4.78, 5) is 0. The quantitative estimate of drug-likeness (QED) is 0.801. The first-order valence-corrected chi connectivity index (χ1v) is 7.23. The van der Waals surface area contributed by atoms with Gasteiger partial charge in [-0.15, -0.1) is 0 Å². The van der Waals surface area contributed by atoms with Crippen molar-refractivity contribution >= 4 is 5.69 Å². The van der Waals surface area contributed by atoms with E-state index in [1.165, 1.54) is 44.9 Å². The molecule has 1 nitrogen and oxygen atoms in total. The number of halogens is 1. The summed E-state index contributed by atoms with van der Waals surface area (Å²) in [5, 5.41) is 3.47. The van der Waals surface area contributed by atoms with E-state index in [0.717, 1.165) is 5.56 Å². The van der Waals surface area contributed by atoms with Crippen LogP contribution in [0.4, 0.5) is 10.1 Å². The lowest BCUT2D eigenvalue weighted by atomic mass is 9.57. The molecule has 0 aliphatic heterocycles. The molecule has 1 atom stereocenters. The van der Waals surface area contributed by atoms with Crippen LogP contribution in [0.1, 0.15) is 50.5 Å². The van der Waals surface area contributed by atoms with Crippen LogP contribution in [0, 0.1) is 18.2 Å². The fraction of sp³-hybridized carbons (Fsp3) is 0.625. The molecule has 2 aliphatic rings. The molecule has 1 aromatic carbocycles. The Balaban J connectivity index is 1.75. The second-order valence-corrected chi connectivity index (χ2v) is 6.10. The van der Waals surface area contributed by atoms with E-state index < -0.39 is 0 Å². The molecule has 0 aromatic heterocycles. The Kier molecular flexibility index (Phi) is 3.04. The van der Waals surface area contributed by atoms with Crippen molar-refractivity contribution in [2.24, 2.45) is 5.41 Å². The molecule has 98 valence electrons. The minimum Gasteiger partial charge on any atom is -0.379 e. The van der Waals surface area contributed by atoms with Gasteiger partial charge in [0.05, 0.1) is 5.69 Å². The summed E-state index contributed by atoms with van der Waals surface area (Å²) in [5.74, 6) is -0.0737. The Bertz CT molecular complexity index is 435. The van der Waals surface area contributed by atoms with Crippen molar-refractivity contribution < 1.29 is 4.39 Å². The van der Waals surface area contributed by atoms with Gasteiger partial charge in [-0.3, -0.25) is 0 Å². The third-order valence-corrected chi connectivity index (χ3v) is 5.04. The normalized spacial score (nSPS) is 25.8. The van der Waals surface area contributed by atoms with Gasteiger partial charge in [-0.05, 0) is 49.7 Å². The lowest BCUT2D eigenvalue weighted by Crippen LogP contribution is -2.50. The molecule has 0 heterocycles. The monoisotopic (exact) mass is 247 g/mol. The molecule has 0 radical (unpaired) electrons. The Morgan fingerprint density at radius 3 is 2.61 bits per heavy atom. The van der Waals surface area contributed by atoms with Crippen LogP contribution >= 0.6 is 0 Å². The average molecular weight is 247 g/mol. The number of aryl methyl sites for hydroxylation is 1. The van der Waals surface area contributed by atoms with E-state index in [1.807, 2.05) is 25.1 Å². The van der Waals surface area contributed by atoms with Crippen LogP contribution in [0.3, 0.4) is 0 Å². The highest BCUT2D eigenvalue weighted by Gasteiger charge is 2.46. The van der Waals surface area contributed by atoms with E-state index in [2.05, 4.69) is 5.32 Å². The number of hydrogen-bond donors (Lipinski definition) is 1. The van der Waals surface area contributed by atoms with Crippen molar-refractivity contribution in [2.75, 3.05) is 5.32 Å². The molecule has 18 heavy (non-hydrogen) atoms. The van der Waals surface area contributed by atoms with Gasteiger partial charge >= 0.3 is 0 Å². The van der Waals surface area contributed by atoms with E-state index in [-0.39, 0.29) is 5.82 Å². The molecule has 1 N–H and O–H groups in total. The van der Waals surface area contributed by atoms with Crippen molar-refractivity contribution in [3.05, 3.63) is 29.6 Å². The van der Waals surface area contributed by atoms with Gasteiger partial charge in [-0.25, -0.2) is 4.39 Å². The third-order valence-electron chi connectivity index (χ3n) is 5.04. The second kappa shape index (κ2) is 4.56.